The average molecular weight is 363 g/mol. The molecule has 1 aromatic carbocycles. The fourth-order valence-electron chi connectivity index (χ4n) is 2.92. The van der Waals surface area contributed by atoms with Crippen LogP contribution in [0.3, 0.4) is 0 Å². The van der Waals surface area contributed by atoms with Crippen LogP contribution in [0.4, 0.5) is 5.69 Å². The van der Waals surface area contributed by atoms with Crippen LogP contribution in [-0.4, -0.2) is 16.9 Å². The lowest BCUT2D eigenvalue weighted by atomic mass is 9.86. The van der Waals surface area contributed by atoms with E-state index in [1.54, 1.807) is 6.07 Å². The molecule has 1 aliphatic carbocycles. The molecule has 0 spiro atoms. The number of benzene rings is 1. The van der Waals surface area contributed by atoms with E-state index in [9.17, 15) is 25.3 Å². The second-order valence-electron chi connectivity index (χ2n) is 6.11. The van der Waals surface area contributed by atoms with Gasteiger partial charge in [0.1, 0.15) is 11.6 Å². The van der Waals surface area contributed by atoms with Crippen LogP contribution >= 0.6 is 11.6 Å². The molecule has 0 heterocycles. The maximum Gasteiger partial charge on any atom is 0.263 e. The molecule has 0 saturated heterocycles. The van der Waals surface area contributed by atoms with E-state index in [1.165, 1.54) is 6.07 Å². The van der Waals surface area contributed by atoms with Crippen molar-refractivity contribution >= 4 is 29.3 Å². The molecule has 1 amide bonds. The summed E-state index contributed by atoms with van der Waals surface area (Å²) in [6, 6.07) is 3.86. The van der Waals surface area contributed by atoms with Gasteiger partial charge in [0.05, 0.1) is 4.92 Å². The third kappa shape index (κ3) is 4.48. The maximum atomic E-state index is 12.3. The molecular weight excluding hydrogens is 346 g/mol. The summed E-state index contributed by atoms with van der Waals surface area (Å²) >= 11 is 5.79. The topological polar surface area (TPSA) is 119 Å². The molecule has 0 aliphatic heterocycles. The van der Waals surface area contributed by atoms with Gasteiger partial charge in [0.15, 0.2) is 0 Å². The predicted molar refractivity (Wildman–Crippen MR) is 90.7 cm³/mol. The minimum absolute atomic E-state index is 0.0175. The van der Waals surface area contributed by atoms with Crippen LogP contribution < -0.4 is 10.4 Å². The van der Waals surface area contributed by atoms with Crippen LogP contribution in [0.15, 0.2) is 17.7 Å². The molecule has 1 saturated carbocycles. The number of nitro groups is 1. The third-order valence-corrected chi connectivity index (χ3v) is 4.57. The van der Waals surface area contributed by atoms with E-state index in [4.69, 9.17) is 11.6 Å². The first-order valence-electron chi connectivity index (χ1n) is 7.91. The van der Waals surface area contributed by atoms with Gasteiger partial charge in [-0.05, 0) is 42.2 Å². The molecule has 0 radical (unpaired) electrons. The van der Waals surface area contributed by atoms with E-state index in [-0.39, 0.29) is 22.2 Å². The quantitative estimate of drug-likeness (QED) is 0.382. The molecule has 1 aromatic rings. The molecule has 0 bridgehead atoms. The Morgan fingerprint density at radius 2 is 2.12 bits per heavy atom. The number of hydrogen-bond acceptors (Lipinski definition) is 5. The highest BCUT2D eigenvalue weighted by atomic mass is 35.5. The number of amides is 1. The van der Waals surface area contributed by atoms with Crippen LogP contribution in [0, 0.1) is 27.4 Å². The first-order valence-corrected chi connectivity index (χ1v) is 8.29. The summed E-state index contributed by atoms with van der Waals surface area (Å²) in [7, 11) is 0. The first-order chi connectivity index (χ1) is 11.8. The van der Waals surface area contributed by atoms with Crippen LogP contribution in [0.25, 0.3) is 6.08 Å². The van der Waals surface area contributed by atoms with E-state index in [0.717, 1.165) is 37.8 Å². The monoisotopic (exact) mass is 362 g/mol. The van der Waals surface area contributed by atoms with Crippen molar-refractivity contribution in [3.8, 4) is 11.8 Å². The summed E-state index contributed by atoms with van der Waals surface area (Å²) in [5.41, 5.74) is -1.15. The number of hydrogen-bond donors (Lipinski definition) is 1. The minimum Gasteiger partial charge on any atom is -0.867 e. The van der Waals surface area contributed by atoms with Crippen LogP contribution in [0.5, 0.6) is 5.75 Å². The predicted octanol–water partition coefficient (Wildman–Crippen LogP) is 2.92. The van der Waals surface area contributed by atoms with Crippen LogP contribution in [0.2, 0.25) is 5.02 Å². The van der Waals surface area contributed by atoms with E-state index >= 15 is 0 Å². The molecule has 7 nitrogen and oxygen atoms in total. The van der Waals surface area contributed by atoms with Gasteiger partial charge < -0.3 is 10.4 Å². The Kier molecular flexibility index (Phi) is 5.99. The Balaban J connectivity index is 2.29. The zero-order valence-electron chi connectivity index (χ0n) is 13.6. The Hall–Kier alpha value is -2.59. The van der Waals surface area contributed by atoms with Crippen molar-refractivity contribution in [3.05, 3.63) is 38.4 Å². The standard InChI is InChI=1S/C17H18ClN3O4/c1-10-4-2-3-5-14(10)20-17(23)12(9-19)6-11-7-13(18)8-15(16(11)22)21(24)25/h6-8,10,14,22H,2-5H2,1H3,(H,20,23)/p-1/b12-6+/t10-,14-/m1/s1. The van der Waals surface area contributed by atoms with Gasteiger partial charge >= 0.3 is 0 Å². The number of nitrogens with zero attached hydrogens (tertiary/aromatic N) is 2. The molecule has 2 rings (SSSR count). The molecule has 2 atom stereocenters. The molecular formula is C17H17ClN3O4-. The molecule has 1 N–H and O–H groups in total. The summed E-state index contributed by atoms with van der Waals surface area (Å²) < 4.78 is 0. The lowest BCUT2D eigenvalue weighted by molar-refractivity contribution is -0.398. The minimum atomic E-state index is -0.888. The molecule has 25 heavy (non-hydrogen) atoms. The van der Waals surface area contributed by atoms with Gasteiger partial charge in [-0.1, -0.05) is 31.4 Å². The highest BCUT2D eigenvalue weighted by molar-refractivity contribution is 6.31. The third-order valence-electron chi connectivity index (χ3n) is 4.35. The Labute approximate surface area is 150 Å². The molecule has 0 aromatic heterocycles. The maximum absolute atomic E-state index is 12.3. The summed E-state index contributed by atoms with van der Waals surface area (Å²) in [6.45, 7) is 2.04. The number of carbonyl (C=O) groups is 1. The molecule has 132 valence electrons. The van der Waals surface area contributed by atoms with E-state index in [0.29, 0.717) is 5.92 Å². The lowest BCUT2D eigenvalue weighted by Gasteiger charge is -2.29. The van der Waals surface area contributed by atoms with Gasteiger partial charge in [0.25, 0.3) is 11.6 Å². The van der Waals surface area contributed by atoms with Crippen molar-refractivity contribution in [1.82, 2.24) is 5.32 Å². The number of nitriles is 1. The zero-order chi connectivity index (χ0) is 18.6. The van der Waals surface area contributed by atoms with Crippen LogP contribution in [-0.2, 0) is 4.79 Å². The number of nitrogens with one attached hydrogen (secondary N) is 1. The second kappa shape index (κ2) is 7.99. The Morgan fingerprint density at radius 1 is 1.44 bits per heavy atom. The summed E-state index contributed by atoms with van der Waals surface area (Å²) in [5, 5.41) is 35.0. The first kappa shape index (κ1) is 18.7. The summed E-state index contributed by atoms with van der Waals surface area (Å²) in [6.07, 6.45) is 5.00. The van der Waals surface area contributed by atoms with Gasteiger partial charge in [-0.3, -0.25) is 14.9 Å². The number of carbonyl (C=O) groups excluding carboxylic acids is 1. The molecule has 1 fully saturated rings. The molecule has 1 aliphatic rings. The van der Waals surface area contributed by atoms with Crippen LogP contribution in [0.1, 0.15) is 38.2 Å². The van der Waals surface area contributed by atoms with Crippen molar-refractivity contribution in [2.75, 3.05) is 0 Å². The second-order valence-corrected chi connectivity index (χ2v) is 6.55. The van der Waals surface area contributed by atoms with Crippen molar-refractivity contribution in [2.24, 2.45) is 5.92 Å². The van der Waals surface area contributed by atoms with Gasteiger partial charge in [-0.15, -0.1) is 0 Å². The smallest absolute Gasteiger partial charge is 0.263 e. The van der Waals surface area contributed by atoms with Gasteiger partial charge in [-0.25, -0.2) is 0 Å². The van der Waals surface area contributed by atoms with Crippen molar-refractivity contribution in [1.29, 1.82) is 5.26 Å². The summed E-state index contributed by atoms with van der Waals surface area (Å²) in [4.78, 5) is 22.4. The van der Waals surface area contributed by atoms with Crippen molar-refractivity contribution in [3.63, 3.8) is 0 Å². The highest BCUT2D eigenvalue weighted by Crippen LogP contribution is 2.32. The lowest BCUT2D eigenvalue weighted by Crippen LogP contribution is -2.41. The molecule has 0 unspecified atom stereocenters. The fraction of sp³-hybridized carbons (Fsp3) is 0.412. The number of rotatable bonds is 4. The van der Waals surface area contributed by atoms with Crippen molar-refractivity contribution < 1.29 is 14.8 Å². The highest BCUT2D eigenvalue weighted by Gasteiger charge is 2.24. The largest absolute Gasteiger partial charge is 0.867 e. The molecule has 8 heteroatoms. The van der Waals surface area contributed by atoms with E-state index in [2.05, 4.69) is 5.32 Å². The van der Waals surface area contributed by atoms with E-state index in [1.807, 2.05) is 6.92 Å². The van der Waals surface area contributed by atoms with Gasteiger partial charge in [0.2, 0.25) is 0 Å². The van der Waals surface area contributed by atoms with Gasteiger partial charge in [0, 0.05) is 17.1 Å². The summed E-state index contributed by atoms with van der Waals surface area (Å²) in [5.74, 6) is -1.18. The number of nitro benzene ring substituents is 1. The normalized spacial score (nSPS) is 20.6. The van der Waals surface area contributed by atoms with E-state index < -0.39 is 22.3 Å². The number of halogens is 1. The zero-order valence-corrected chi connectivity index (χ0v) is 14.4. The Bertz CT molecular complexity index is 770. The fourth-order valence-corrected chi connectivity index (χ4v) is 3.14. The van der Waals surface area contributed by atoms with Gasteiger partial charge in [-0.2, -0.15) is 5.26 Å². The average Bonchev–Trinajstić information content (AvgIpc) is 2.56. The Morgan fingerprint density at radius 3 is 2.72 bits per heavy atom. The van der Waals surface area contributed by atoms with Crippen molar-refractivity contribution in [2.45, 2.75) is 38.6 Å². The SMILES string of the molecule is C[C@@H]1CCCC[C@H]1NC(=O)/C(C#N)=C/c1cc(Cl)cc([N+](=O)[O-])c1[O-].